The van der Waals surface area contributed by atoms with Gasteiger partial charge in [-0.3, -0.25) is 10.1 Å². The summed E-state index contributed by atoms with van der Waals surface area (Å²) in [5.41, 5.74) is 1.46. The van der Waals surface area contributed by atoms with Crippen LogP contribution in [0.25, 0.3) is 0 Å². The molecule has 0 spiro atoms. The number of carbonyl (C=O) groups excluding carboxylic acids is 1. The highest BCUT2D eigenvalue weighted by atomic mass is 35.5. The van der Waals surface area contributed by atoms with Crippen LogP contribution < -0.4 is 21.2 Å². The van der Waals surface area contributed by atoms with Crippen LogP contribution in [0.15, 0.2) is 191 Å². The summed E-state index contributed by atoms with van der Waals surface area (Å²) in [6.07, 6.45) is 2.25. The summed E-state index contributed by atoms with van der Waals surface area (Å²) < 4.78 is -0.140. The summed E-state index contributed by atoms with van der Waals surface area (Å²) in [5, 5.41) is 8.29. The van der Waals surface area contributed by atoms with Crippen LogP contribution in [0.1, 0.15) is 10.4 Å². The van der Waals surface area contributed by atoms with Crippen molar-refractivity contribution in [3.05, 3.63) is 197 Å². The molecule has 0 saturated heterocycles. The van der Waals surface area contributed by atoms with Crippen molar-refractivity contribution >= 4 is 75.8 Å². The lowest BCUT2D eigenvalue weighted by Crippen LogP contribution is -2.38. The van der Waals surface area contributed by atoms with E-state index in [4.69, 9.17) is 23.2 Å². The zero-order valence-electron chi connectivity index (χ0n) is 25.2. The molecule has 7 heteroatoms. The monoisotopic (exact) mass is 706 g/mol. The Morgan fingerprint density at radius 1 is 0.532 bits per heavy atom. The topological polar surface area (TPSA) is 29.1 Å². The summed E-state index contributed by atoms with van der Waals surface area (Å²) in [4.78, 5) is 16.3. The van der Waals surface area contributed by atoms with E-state index in [2.05, 4.69) is 84.2 Å². The van der Waals surface area contributed by atoms with Crippen LogP contribution in [0.5, 0.6) is 0 Å². The van der Waals surface area contributed by atoms with Crippen molar-refractivity contribution in [2.75, 3.05) is 0 Å². The predicted molar refractivity (Wildman–Crippen MR) is 206 cm³/mol. The van der Waals surface area contributed by atoms with E-state index in [0.717, 1.165) is 31.1 Å². The Kier molecular flexibility index (Phi) is 11.2. The third kappa shape index (κ3) is 8.04. The molecule has 0 aliphatic carbocycles. The van der Waals surface area contributed by atoms with Crippen LogP contribution in [-0.4, -0.2) is 10.5 Å². The van der Waals surface area contributed by atoms with Crippen molar-refractivity contribution < 1.29 is 4.79 Å². The van der Waals surface area contributed by atoms with E-state index in [1.807, 2.05) is 97.1 Å². The summed E-state index contributed by atoms with van der Waals surface area (Å²) >= 11 is 16.0. The third-order valence-corrected chi connectivity index (χ3v) is 14.6. The predicted octanol–water partition coefficient (Wildman–Crippen LogP) is 10.5. The number of halogens is 2. The SMILES string of the molecule is O=C(NC(=CC(Sc1ccc(Cl)cc1)Sc1ccc(Cl)cc1)[P+](c1ccccc1)(c1ccccc1)c1ccccc1)c1ccccc1. The maximum atomic E-state index is 14.2. The van der Waals surface area contributed by atoms with Crippen molar-refractivity contribution in [1.82, 2.24) is 5.32 Å². The highest BCUT2D eigenvalue weighted by Crippen LogP contribution is 2.62. The minimum atomic E-state index is -2.66. The van der Waals surface area contributed by atoms with Crippen LogP contribution in [0.3, 0.4) is 0 Å². The van der Waals surface area contributed by atoms with E-state index in [1.54, 1.807) is 23.5 Å². The molecule has 0 aromatic heterocycles. The molecule has 0 fully saturated rings. The van der Waals surface area contributed by atoms with E-state index in [0.29, 0.717) is 15.6 Å². The maximum absolute atomic E-state index is 14.2. The largest absolute Gasteiger partial charge is 0.292 e. The minimum absolute atomic E-state index is 0.140. The Morgan fingerprint density at radius 2 is 0.894 bits per heavy atom. The Bertz CT molecular complexity index is 1780. The smallest absolute Gasteiger partial charge is 0.258 e. The van der Waals surface area contributed by atoms with Crippen molar-refractivity contribution in [1.29, 1.82) is 0 Å². The van der Waals surface area contributed by atoms with Crippen LogP contribution in [0.4, 0.5) is 0 Å². The zero-order chi connectivity index (χ0) is 32.5. The molecule has 1 amide bonds. The minimum Gasteiger partial charge on any atom is -0.292 e. The highest BCUT2D eigenvalue weighted by Gasteiger charge is 2.51. The maximum Gasteiger partial charge on any atom is 0.258 e. The molecule has 47 heavy (non-hydrogen) atoms. The first-order valence-corrected chi connectivity index (χ1v) is 19.3. The Hall–Kier alpha value is -3.76. The van der Waals surface area contributed by atoms with Gasteiger partial charge in [-0.15, -0.1) is 23.5 Å². The fraction of sp³-hybridized carbons (Fsp3) is 0.0250. The fourth-order valence-electron chi connectivity index (χ4n) is 5.35. The second kappa shape index (κ2) is 15.9. The molecule has 0 bridgehead atoms. The molecule has 6 aromatic rings. The summed E-state index contributed by atoms with van der Waals surface area (Å²) in [7, 11) is -2.66. The van der Waals surface area contributed by atoms with Gasteiger partial charge in [-0.05, 0) is 97.1 Å². The van der Waals surface area contributed by atoms with Gasteiger partial charge in [0.05, 0.1) is 4.58 Å². The number of amides is 1. The molecule has 0 aliphatic rings. The summed E-state index contributed by atoms with van der Waals surface area (Å²) in [6.45, 7) is 0. The van der Waals surface area contributed by atoms with Gasteiger partial charge in [0, 0.05) is 31.5 Å². The van der Waals surface area contributed by atoms with Gasteiger partial charge in [0.15, 0.2) is 12.7 Å². The number of nitrogens with one attached hydrogen (secondary N) is 1. The Balaban J connectivity index is 1.62. The fourth-order valence-corrected chi connectivity index (χ4v) is 12.4. The second-order valence-corrected chi connectivity index (χ2v) is 17.5. The number of thioether (sulfide) groups is 2. The summed E-state index contributed by atoms with van der Waals surface area (Å²) in [6, 6.07) is 56.9. The number of carbonyl (C=O) groups is 1. The van der Waals surface area contributed by atoms with E-state index >= 15 is 0 Å². The van der Waals surface area contributed by atoms with Crippen molar-refractivity contribution in [3.8, 4) is 0 Å². The first-order chi connectivity index (χ1) is 23.0. The molecule has 0 atom stereocenters. The van der Waals surface area contributed by atoms with Gasteiger partial charge >= 0.3 is 0 Å². The molecule has 1 N–H and O–H groups in total. The quantitative estimate of drug-likeness (QED) is 0.0826. The van der Waals surface area contributed by atoms with Gasteiger partial charge in [-0.25, -0.2) is 0 Å². The lowest BCUT2D eigenvalue weighted by Gasteiger charge is -2.30. The first-order valence-electron chi connectivity index (χ1n) is 15.0. The average molecular weight is 708 g/mol. The standard InChI is InChI=1S/C40H30Cl2NOPS2/c41-31-21-25-36(26-22-31)46-39(47-37-27-23-32(42)24-28-37)29-38(43-40(44)30-13-5-1-6-14-30)45(33-15-7-2-8-16-33,34-17-9-3-10-18-34)35-19-11-4-12-20-35/h1-29,39H/p+1. The number of hydrogen-bond acceptors (Lipinski definition) is 3. The van der Waals surface area contributed by atoms with Crippen LogP contribution >= 0.6 is 54.0 Å². The van der Waals surface area contributed by atoms with E-state index in [-0.39, 0.29) is 10.5 Å². The first kappa shape index (κ1) is 33.2. The Labute approximate surface area is 295 Å². The molecule has 0 radical (unpaired) electrons. The van der Waals surface area contributed by atoms with Gasteiger partial charge in [0.25, 0.3) is 5.91 Å². The second-order valence-electron chi connectivity index (χ2n) is 10.6. The van der Waals surface area contributed by atoms with Crippen LogP contribution in [-0.2, 0) is 0 Å². The Morgan fingerprint density at radius 3 is 1.28 bits per heavy atom. The molecule has 2 nitrogen and oxygen atoms in total. The van der Waals surface area contributed by atoms with E-state index in [9.17, 15) is 4.79 Å². The van der Waals surface area contributed by atoms with E-state index in [1.165, 1.54) is 0 Å². The molecule has 0 aliphatic heterocycles. The molecule has 6 rings (SSSR count). The zero-order valence-corrected chi connectivity index (χ0v) is 29.3. The van der Waals surface area contributed by atoms with Crippen molar-refractivity contribution in [2.24, 2.45) is 0 Å². The lowest BCUT2D eigenvalue weighted by molar-refractivity contribution is 0.0968. The highest BCUT2D eigenvalue weighted by molar-refractivity contribution is 8.17. The normalized spacial score (nSPS) is 11.8. The van der Waals surface area contributed by atoms with Gasteiger partial charge in [-0.2, -0.15) is 0 Å². The molecular formula is C40H31Cl2NOPS2+. The molecule has 0 heterocycles. The van der Waals surface area contributed by atoms with E-state index < -0.39 is 7.26 Å². The molecule has 232 valence electrons. The van der Waals surface area contributed by atoms with Crippen LogP contribution in [0.2, 0.25) is 10.0 Å². The lowest BCUT2D eigenvalue weighted by atomic mass is 10.2. The molecule has 0 unspecified atom stereocenters. The van der Waals surface area contributed by atoms with Crippen molar-refractivity contribution in [3.63, 3.8) is 0 Å². The van der Waals surface area contributed by atoms with Crippen molar-refractivity contribution in [2.45, 2.75) is 14.4 Å². The van der Waals surface area contributed by atoms with Gasteiger partial charge in [-0.1, -0.05) is 96.0 Å². The molecule has 0 saturated carbocycles. The average Bonchev–Trinajstić information content (AvgIpc) is 3.12. The molecule has 6 aromatic carbocycles. The van der Waals surface area contributed by atoms with Gasteiger partial charge in [0.1, 0.15) is 15.9 Å². The van der Waals surface area contributed by atoms with Gasteiger partial charge in [0.2, 0.25) is 0 Å². The summed E-state index contributed by atoms with van der Waals surface area (Å²) in [5.74, 6) is -0.157. The number of rotatable bonds is 11. The molecular weight excluding hydrogens is 676 g/mol. The van der Waals surface area contributed by atoms with Gasteiger partial charge < -0.3 is 0 Å². The number of benzene rings is 6. The third-order valence-electron chi connectivity index (χ3n) is 7.50. The van der Waals surface area contributed by atoms with Crippen LogP contribution in [0, 0.1) is 0 Å². The number of hydrogen-bond donors (Lipinski definition) is 1.